The first kappa shape index (κ1) is 15.9. The number of likely N-dealkylation sites (tertiary alicyclic amines) is 1. The molecule has 2 aliphatic heterocycles. The van der Waals surface area contributed by atoms with Crippen LogP contribution in [0.3, 0.4) is 0 Å². The molecule has 1 N–H and O–H groups in total. The third kappa shape index (κ3) is 3.44. The maximum atomic E-state index is 12.2. The summed E-state index contributed by atoms with van der Waals surface area (Å²) in [5.74, 6) is 1.74. The second-order valence-electron chi connectivity index (χ2n) is 8.08. The first-order valence-electron chi connectivity index (χ1n) is 9.39. The maximum Gasteiger partial charge on any atom is 0.410 e. The van der Waals surface area contributed by atoms with Crippen LogP contribution in [0.15, 0.2) is 30.3 Å². The summed E-state index contributed by atoms with van der Waals surface area (Å²) in [5.41, 5.74) is 1.73. The Hall–Kier alpha value is -1.55. The molecule has 1 aromatic carbocycles. The van der Waals surface area contributed by atoms with Gasteiger partial charge in [0.1, 0.15) is 6.61 Å². The predicted molar refractivity (Wildman–Crippen MR) is 93.6 cm³/mol. The second-order valence-corrected chi connectivity index (χ2v) is 8.08. The van der Waals surface area contributed by atoms with Crippen molar-refractivity contribution in [3.63, 3.8) is 0 Å². The summed E-state index contributed by atoms with van der Waals surface area (Å²) in [6, 6.07) is 9.89. The molecule has 0 bridgehead atoms. The van der Waals surface area contributed by atoms with Gasteiger partial charge in [-0.1, -0.05) is 30.3 Å². The van der Waals surface area contributed by atoms with Crippen LogP contribution in [0, 0.1) is 17.3 Å². The molecule has 4 rings (SSSR count). The van der Waals surface area contributed by atoms with E-state index in [1.807, 2.05) is 35.2 Å². The molecular weight excluding hydrogens is 300 g/mol. The van der Waals surface area contributed by atoms with Crippen LogP contribution in [0.5, 0.6) is 0 Å². The molecular formula is C20H28N2O2. The summed E-state index contributed by atoms with van der Waals surface area (Å²) in [5, 5.41) is 3.41. The highest BCUT2D eigenvalue weighted by atomic mass is 16.6. The van der Waals surface area contributed by atoms with Gasteiger partial charge in [-0.3, -0.25) is 0 Å². The number of carbonyl (C=O) groups is 1. The van der Waals surface area contributed by atoms with Gasteiger partial charge in [0.05, 0.1) is 0 Å². The lowest BCUT2D eigenvalue weighted by atomic mass is 9.56. The number of hydrogen-bond acceptors (Lipinski definition) is 3. The van der Waals surface area contributed by atoms with Crippen molar-refractivity contribution in [1.82, 2.24) is 10.2 Å². The Labute approximate surface area is 144 Å². The average Bonchev–Trinajstić information content (AvgIpc) is 2.55. The zero-order valence-electron chi connectivity index (χ0n) is 14.4. The molecule has 4 nitrogen and oxygen atoms in total. The normalized spacial score (nSPS) is 23.6. The number of nitrogens with zero attached hydrogens (tertiary/aromatic N) is 1. The molecule has 1 amide bonds. The Morgan fingerprint density at radius 2 is 1.83 bits per heavy atom. The van der Waals surface area contributed by atoms with E-state index in [1.165, 1.54) is 32.4 Å². The van der Waals surface area contributed by atoms with Gasteiger partial charge in [0.25, 0.3) is 0 Å². The van der Waals surface area contributed by atoms with Gasteiger partial charge in [-0.2, -0.15) is 0 Å². The molecule has 0 unspecified atom stereocenters. The van der Waals surface area contributed by atoms with Gasteiger partial charge >= 0.3 is 6.09 Å². The van der Waals surface area contributed by atoms with Crippen molar-refractivity contribution >= 4 is 6.09 Å². The maximum absolute atomic E-state index is 12.2. The topological polar surface area (TPSA) is 41.6 Å². The van der Waals surface area contributed by atoms with Crippen molar-refractivity contribution in [2.24, 2.45) is 17.3 Å². The van der Waals surface area contributed by atoms with Gasteiger partial charge in [-0.05, 0) is 54.9 Å². The van der Waals surface area contributed by atoms with Crippen molar-refractivity contribution in [1.29, 1.82) is 0 Å². The minimum Gasteiger partial charge on any atom is -0.445 e. The molecule has 3 aliphatic rings. The molecule has 0 aromatic heterocycles. The largest absolute Gasteiger partial charge is 0.445 e. The third-order valence-corrected chi connectivity index (χ3v) is 6.19. The van der Waals surface area contributed by atoms with Crippen LogP contribution in [0.4, 0.5) is 4.79 Å². The fourth-order valence-corrected chi connectivity index (χ4v) is 4.73. The lowest BCUT2D eigenvalue weighted by Crippen LogP contribution is -2.60. The molecule has 130 valence electrons. The molecule has 0 radical (unpaired) electrons. The fraction of sp³-hybridized carbons (Fsp3) is 0.650. The predicted octanol–water partition coefficient (Wildman–Crippen LogP) is 3.42. The zero-order chi connectivity index (χ0) is 16.4. The molecule has 1 spiro atoms. The van der Waals surface area contributed by atoms with E-state index in [0.717, 1.165) is 43.3 Å². The molecule has 4 heteroatoms. The van der Waals surface area contributed by atoms with Crippen molar-refractivity contribution in [2.45, 2.75) is 38.7 Å². The number of piperidine rings is 1. The standard InChI is InChI=1S/C20H28N2O2/c23-19(24-13-17-4-2-1-3-5-17)22-8-6-16(7-9-22)10-18-11-20(12-18)14-21-15-20/h1-5,16,18,21H,6-15H2. The summed E-state index contributed by atoms with van der Waals surface area (Å²) >= 11 is 0. The van der Waals surface area contributed by atoms with Crippen LogP contribution in [-0.2, 0) is 11.3 Å². The van der Waals surface area contributed by atoms with Crippen molar-refractivity contribution in [3.8, 4) is 0 Å². The Balaban J connectivity index is 1.15. The molecule has 3 fully saturated rings. The molecule has 24 heavy (non-hydrogen) atoms. The van der Waals surface area contributed by atoms with E-state index in [9.17, 15) is 4.79 Å². The second kappa shape index (κ2) is 6.75. The van der Waals surface area contributed by atoms with E-state index >= 15 is 0 Å². The van der Waals surface area contributed by atoms with Crippen LogP contribution in [0.2, 0.25) is 0 Å². The Kier molecular flexibility index (Phi) is 4.49. The van der Waals surface area contributed by atoms with Crippen molar-refractivity contribution < 1.29 is 9.53 Å². The lowest BCUT2D eigenvalue weighted by molar-refractivity contribution is -0.0150. The van der Waals surface area contributed by atoms with Gasteiger partial charge in [0.15, 0.2) is 0 Å². The number of rotatable bonds is 4. The number of benzene rings is 1. The van der Waals surface area contributed by atoms with Gasteiger partial charge in [0.2, 0.25) is 0 Å². The van der Waals surface area contributed by atoms with E-state index in [0.29, 0.717) is 12.0 Å². The summed E-state index contributed by atoms with van der Waals surface area (Å²) in [6.07, 6.45) is 6.36. The molecule has 1 saturated carbocycles. The van der Waals surface area contributed by atoms with Crippen LogP contribution < -0.4 is 5.32 Å². The Morgan fingerprint density at radius 1 is 1.12 bits per heavy atom. The van der Waals surface area contributed by atoms with Crippen LogP contribution in [-0.4, -0.2) is 37.2 Å². The first-order valence-corrected chi connectivity index (χ1v) is 9.39. The zero-order valence-corrected chi connectivity index (χ0v) is 14.4. The van der Waals surface area contributed by atoms with Crippen molar-refractivity contribution in [2.75, 3.05) is 26.2 Å². The van der Waals surface area contributed by atoms with Gasteiger partial charge < -0.3 is 15.0 Å². The monoisotopic (exact) mass is 328 g/mol. The summed E-state index contributed by atoms with van der Waals surface area (Å²) < 4.78 is 5.45. The highest BCUT2D eigenvalue weighted by molar-refractivity contribution is 5.67. The van der Waals surface area contributed by atoms with Crippen LogP contribution >= 0.6 is 0 Å². The van der Waals surface area contributed by atoms with E-state index in [-0.39, 0.29) is 6.09 Å². The summed E-state index contributed by atoms with van der Waals surface area (Å²) in [6.45, 7) is 4.58. The van der Waals surface area contributed by atoms with E-state index in [1.54, 1.807) is 0 Å². The Morgan fingerprint density at radius 3 is 2.46 bits per heavy atom. The number of ether oxygens (including phenoxy) is 1. The van der Waals surface area contributed by atoms with E-state index in [2.05, 4.69) is 5.32 Å². The number of amides is 1. The highest BCUT2D eigenvalue weighted by Crippen LogP contribution is 2.51. The Bertz CT molecular complexity index is 554. The van der Waals surface area contributed by atoms with Gasteiger partial charge in [0, 0.05) is 26.2 Å². The number of nitrogens with one attached hydrogen (secondary N) is 1. The smallest absolute Gasteiger partial charge is 0.410 e. The van der Waals surface area contributed by atoms with Crippen molar-refractivity contribution in [3.05, 3.63) is 35.9 Å². The average molecular weight is 328 g/mol. The minimum absolute atomic E-state index is 0.152. The number of carbonyl (C=O) groups excluding carboxylic acids is 1. The van der Waals surface area contributed by atoms with E-state index in [4.69, 9.17) is 4.74 Å². The SMILES string of the molecule is O=C(OCc1ccccc1)N1CCC(CC2CC3(CNC3)C2)CC1. The minimum atomic E-state index is -0.152. The highest BCUT2D eigenvalue weighted by Gasteiger charge is 2.48. The quantitative estimate of drug-likeness (QED) is 0.921. The molecule has 2 heterocycles. The van der Waals surface area contributed by atoms with Gasteiger partial charge in [-0.15, -0.1) is 0 Å². The molecule has 1 aliphatic carbocycles. The summed E-state index contributed by atoms with van der Waals surface area (Å²) in [4.78, 5) is 14.1. The molecule has 1 aromatic rings. The first-order chi connectivity index (χ1) is 11.7. The fourth-order valence-electron chi connectivity index (χ4n) is 4.73. The summed E-state index contributed by atoms with van der Waals surface area (Å²) in [7, 11) is 0. The lowest BCUT2D eigenvalue weighted by Gasteiger charge is -2.55. The van der Waals surface area contributed by atoms with Crippen LogP contribution in [0.25, 0.3) is 0 Å². The third-order valence-electron chi connectivity index (χ3n) is 6.19. The van der Waals surface area contributed by atoms with Gasteiger partial charge in [-0.25, -0.2) is 4.79 Å². The number of hydrogen-bond donors (Lipinski definition) is 1. The van der Waals surface area contributed by atoms with Crippen LogP contribution in [0.1, 0.15) is 37.7 Å². The van der Waals surface area contributed by atoms with E-state index < -0.39 is 0 Å². The molecule has 0 atom stereocenters. The molecule has 2 saturated heterocycles.